The molecule has 1 aromatic heterocycles. The zero-order chi connectivity index (χ0) is 24.4. The summed E-state index contributed by atoms with van der Waals surface area (Å²) in [6, 6.07) is 27.1. The Morgan fingerprint density at radius 3 is 2.43 bits per heavy atom. The first kappa shape index (κ1) is 23.1. The number of ether oxygens (including phenoxy) is 1. The molecule has 0 fully saturated rings. The zero-order valence-electron chi connectivity index (χ0n) is 19.9. The standard InChI is InChI=1S/C29H28N2O3S/c1-21-7-9-22(10-8-21)20-31(16-15-25-19-30-29-14-12-26(34-2)18-28(25)29)35(32,33)27-13-11-23-5-3-4-6-24(23)17-27/h3-14,17-19,30H,15-16,20H2,1-2H3. The number of benzene rings is 4. The van der Waals surface area contributed by atoms with Gasteiger partial charge in [0.15, 0.2) is 0 Å². The van der Waals surface area contributed by atoms with Gasteiger partial charge in [0.05, 0.1) is 12.0 Å². The molecule has 0 spiro atoms. The van der Waals surface area contributed by atoms with Crippen molar-refractivity contribution < 1.29 is 13.2 Å². The highest BCUT2D eigenvalue weighted by Crippen LogP contribution is 2.27. The van der Waals surface area contributed by atoms with Gasteiger partial charge in [0, 0.05) is 30.2 Å². The Bertz CT molecular complexity index is 1590. The van der Waals surface area contributed by atoms with Gasteiger partial charge in [-0.05, 0) is 65.6 Å². The second-order valence-electron chi connectivity index (χ2n) is 8.81. The molecule has 5 aromatic rings. The minimum atomic E-state index is -3.72. The third-order valence-corrected chi connectivity index (χ3v) is 8.28. The smallest absolute Gasteiger partial charge is 0.243 e. The molecule has 1 heterocycles. The molecule has 5 nitrogen and oxygen atoms in total. The van der Waals surface area contributed by atoms with Crippen molar-refractivity contribution in [2.45, 2.75) is 24.8 Å². The van der Waals surface area contributed by atoms with Gasteiger partial charge in [-0.3, -0.25) is 0 Å². The Hall–Kier alpha value is -3.61. The van der Waals surface area contributed by atoms with Crippen LogP contribution in [-0.4, -0.2) is 31.4 Å². The van der Waals surface area contributed by atoms with E-state index in [1.54, 1.807) is 23.5 Å². The minimum Gasteiger partial charge on any atom is -0.497 e. The van der Waals surface area contributed by atoms with Crippen LogP contribution in [0.25, 0.3) is 21.7 Å². The fraction of sp³-hybridized carbons (Fsp3) is 0.172. The van der Waals surface area contributed by atoms with E-state index in [1.165, 1.54) is 0 Å². The maximum absolute atomic E-state index is 13.9. The third kappa shape index (κ3) is 4.81. The summed E-state index contributed by atoms with van der Waals surface area (Å²) in [5.74, 6) is 0.777. The van der Waals surface area contributed by atoms with Gasteiger partial charge in [-0.1, -0.05) is 60.2 Å². The predicted molar refractivity (Wildman–Crippen MR) is 141 cm³/mol. The Morgan fingerprint density at radius 1 is 0.886 bits per heavy atom. The monoisotopic (exact) mass is 484 g/mol. The van der Waals surface area contributed by atoms with Gasteiger partial charge in [0.1, 0.15) is 5.75 Å². The Balaban J connectivity index is 1.49. The molecule has 0 aliphatic rings. The summed E-state index contributed by atoms with van der Waals surface area (Å²) in [4.78, 5) is 3.60. The number of aromatic amines is 1. The van der Waals surface area contributed by atoms with E-state index in [4.69, 9.17) is 4.74 Å². The van der Waals surface area contributed by atoms with E-state index in [1.807, 2.05) is 85.9 Å². The molecule has 0 saturated heterocycles. The maximum Gasteiger partial charge on any atom is 0.243 e. The highest BCUT2D eigenvalue weighted by Gasteiger charge is 2.25. The summed E-state index contributed by atoms with van der Waals surface area (Å²) < 4.78 is 34.7. The second kappa shape index (κ2) is 9.56. The van der Waals surface area contributed by atoms with E-state index in [0.717, 1.165) is 44.1 Å². The third-order valence-electron chi connectivity index (χ3n) is 6.44. The van der Waals surface area contributed by atoms with Crippen LogP contribution in [0, 0.1) is 6.92 Å². The average molecular weight is 485 g/mol. The molecule has 0 amide bonds. The number of nitrogens with one attached hydrogen (secondary N) is 1. The van der Waals surface area contributed by atoms with Crippen molar-refractivity contribution in [2.75, 3.05) is 13.7 Å². The molecule has 0 bridgehead atoms. The number of sulfonamides is 1. The van der Waals surface area contributed by atoms with Crippen LogP contribution >= 0.6 is 0 Å². The van der Waals surface area contributed by atoms with Gasteiger partial charge in [-0.15, -0.1) is 0 Å². The lowest BCUT2D eigenvalue weighted by Crippen LogP contribution is -2.32. The second-order valence-corrected chi connectivity index (χ2v) is 10.7. The van der Waals surface area contributed by atoms with E-state index in [0.29, 0.717) is 24.4 Å². The van der Waals surface area contributed by atoms with Gasteiger partial charge >= 0.3 is 0 Å². The summed E-state index contributed by atoms with van der Waals surface area (Å²) in [7, 11) is -2.08. The van der Waals surface area contributed by atoms with Crippen molar-refractivity contribution in [3.05, 3.63) is 108 Å². The first-order valence-corrected chi connectivity index (χ1v) is 13.1. The van der Waals surface area contributed by atoms with Crippen molar-refractivity contribution in [3.63, 3.8) is 0 Å². The molecule has 4 aromatic carbocycles. The van der Waals surface area contributed by atoms with Gasteiger partial charge in [0.2, 0.25) is 10.0 Å². The van der Waals surface area contributed by atoms with Gasteiger partial charge < -0.3 is 9.72 Å². The first-order valence-electron chi connectivity index (χ1n) is 11.6. The van der Waals surface area contributed by atoms with Crippen molar-refractivity contribution in [1.82, 2.24) is 9.29 Å². The molecule has 0 aliphatic heterocycles. The zero-order valence-corrected chi connectivity index (χ0v) is 20.7. The SMILES string of the molecule is COc1ccc2[nH]cc(CCN(Cc3ccc(C)cc3)S(=O)(=O)c3ccc4ccccc4c3)c2c1. The predicted octanol–water partition coefficient (Wildman–Crippen LogP) is 6.07. The lowest BCUT2D eigenvalue weighted by molar-refractivity contribution is 0.409. The lowest BCUT2D eigenvalue weighted by atomic mass is 10.1. The van der Waals surface area contributed by atoms with Crippen LogP contribution < -0.4 is 4.74 Å². The molecule has 178 valence electrons. The topological polar surface area (TPSA) is 62.4 Å². The number of aryl methyl sites for hydroxylation is 1. The Kier molecular flexibility index (Phi) is 6.32. The summed E-state index contributed by atoms with van der Waals surface area (Å²) in [5, 5.41) is 2.97. The van der Waals surface area contributed by atoms with E-state index >= 15 is 0 Å². The van der Waals surface area contributed by atoms with Crippen molar-refractivity contribution in [2.24, 2.45) is 0 Å². The van der Waals surface area contributed by atoms with Crippen LogP contribution in [0.1, 0.15) is 16.7 Å². The van der Waals surface area contributed by atoms with Crippen molar-refractivity contribution in [3.8, 4) is 5.75 Å². The van der Waals surface area contributed by atoms with Crippen LogP contribution in [0.4, 0.5) is 0 Å². The van der Waals surface area contributed by atoms with Crippen LogP contribution in [0.15, 0.2) is 96.0 Å². The molecule has 0 radical (unpaired) electrons. The first-order chi connectivity index (χ1) is 16.9. The largest absolute Gasteiger partial charge is 0.497 e. The van der Waals surface area contributed by atoms with Crippen molar-refractivity contribution >= 4 is 31.7 Å². The number of fused-ring (bicyclic) bond motifs is 2. The molecule has 6 heteroatoms. The van der Waals surface area contributed by atoms with Crippen molar-refractivity contribution in [1.29, 1.82) is 0 Å². The molecule has 0 unspecified atom stereocenters. The van der Waals surface area contributed by atoms with Crippen LogP contribution in [-0.2, 0) is 23.0 Å². The van der Waals surface area contributed by atoms with E-state index in [9.17, 15) is 8.42 Å². The van der Waals surface area contributed by atoms with E-state index in [-0.39, 0.29) is 0 Å². The van der Waals surface area contributed by atoms with Gasteiger partial charge in [0.25, 0.3) is 0 Å². The number of hydrogen-bond acceptors (Lipinski definition) is 3. The van der Waals surface area contributed by atoms with E-state index in [2.05, 4.69) is 4.98 Å². The van der Waals surface area contributed by atoms with Crippen LogP contribution in [0.5, 0.6) is 5.75 Å². The number of H-pyrrole nitrogens is 1. The summed E-state index contributed by atoms with van der Waals surface area (Å²) in [6.07, 6.45) is 2.53. The molecule has 1 N–H and O–H groups in total. The average Bonchev–Trinajstić information content (AvgIpc) is 3.29. The normalized spacial score (nSPS) is 12.0. The van der Waals surface area contributed by atoms with Gasteiger partial charge in [-0.2, -0.15) is 4.31 Å². The minimum absolute atomic E-state index is 0.307. The molecule has 5 rings (SSSR count). The number of methoxy groups -OCH3 is 1. The molecule has 0 aliphatic carbocycles. The summed E-state index contributed by atoms with van der Waals surface area (Å²) in [5.41, 5.74) is 4.16. The number of aromatic nitrogens is 1. The summed E-state index contributed by atoms with van der Waals surface area (Å²) in [6.45, 7) is 2.69. The quantitative estimate of drug-likeness (QED) is 0.291. The Morgan fingerprint density at radius 2 is 1.66 bits per heavy atom. The number of rotatable bonds is 8. The lowest BCUT2D eigenvalue weighted by Gasteiger charge is -2.23. The molecular weight excluding hydrogens is 456 g/mol. The fourth-order valence-corrected chi connectivity index (χ4v) is 5.86. The Labute approximate surface area is 206 Å². The van der Waals surface area contributed by atoms with E-state index < -0.39 is 10.0 Å². The number of hydrogen-bond donors (Lipinski definition) is 1. The molecule has 0 saturated carbocycles. The fourth-order valence-electron chi connectivity index (χ4n) is 4.39. The highest BCUT2D eigenvalue weighted by atomic mass is 32.2. The summed E-state index contributed by atoms with van der Waals surface area (Å²) >= 11 is 0. The van der Waals surface area contributed by atoms with Crippen LogP contribution in [0.2, 0.25) is 0 Å². The molecule has 0 atom stereocenters. The maximum atomic E-state index is 13.9. The van der Waals surface area contributed by atoms with Gasteiger partial charge in [-0.25, -0.2) is 8.42 Å². The van der Waals surface area contributed by atoms with Crippen LogP contribution in [0.3, 0.4) is 0 Å². The number of nitrogens with zero attached hydrogens (tertiary/aromatic N) is 1. The highest BCUT2D eigenvalue weighted by molar-refractivity contribution is 7.89. The molecule has 35 heavy (non-hydrogen) atoms. The molecular formula is C29H28N2O3S.